The van der Waals surface area contributed by atoms with E-state index in [0.717, 1.165) is 28.2 Å². The summed E-state index contributed by atoms with van der Waals surface area (Å²) in [6.45, 7) is 11.9. The number of carbonyl (C=O) groups is 6. The van der Waals surface area contributed by atoms with E-state index in [4.69, 9.17) is 14.5 Å². The molecule has 6 amide bonds. The number of hydrogen-bond donors (Lipinski definition) is 4. The number of ether oxygens (including phenoxy) is 2. The number of aromatic amines is 1. The number of imidazole rings is 1. The first-order valence-electron chi connectivity index (χ1n) is 24.0. The molecule has 0 bridgehead atoms. The van der Waals surface area contributed by atoms with Crippen molar-refractivity contribution in [1.82, 2.24) is 45.2 Å². The van der Waals surface area contributed by atoms with Crippen LogP contribution in [0.1, 0.15) is 76.1 Å². The minimum Gasteiger partial charge on any atom is -0.453 e. The third-order valence-corrected chi connectivity index (χ3v) is 13.7. The zero-order chi connectivity index (χ0) is 50.4. The largest absolute Gasteiger partial charge is 0.453 e. The molecule has 374 valence electrons. The van der Waals surface area contributed by atoms with Crippen molar-refractivity contribution in [3.8, 4) is 22.4 Å². The van der Waals surface area contributed by atoms with Crippen molar-refractivity contribution < 1.29 is 38.2 Å². The second kappa shape index (κ2) is 22.2. The number of rotatable bonds is 14. The van der Waals surface area contributed by atoms with E-state index >= 15 is 0 Å². The molecule has 70 heavy (non-hydrogen) atoms. The second-order valence-electron chi connectivity index (χ2n) is 19.3. The van der Waals surface area contributed by atoms with Gasteiger partial charge in [0.15, 0.2) is 0 Å². The average Bonchev–Trinajstić information content (AvgIpc) is 4.16. The molecule has 0 spiro atoms. The number of anilines is 2. The quantitative estimate of drug-likeness (QED) is 0.125. The lowest BCUT2D eigenvalue weighted by atomic mass is 10.0. The fourth-order valence-electron chi connectivity index (χ4n) is 9.59. The van der Waals surface area contributed by atoms with Gasteiger partial charge in [-0.2, -0.15) is 0 Å². The number of likely N-dealkylation sites (tertiary alicyclic amines) is 2. The highest BCUT2D eigenvalue weighted by molar-refractivity contribution is 6.04. The number of benzene rings is 2. The van der Waals surface area contributed by atoms with Crippen LogP contribution in [0.25, 0.3) is 22.4 Å². The van der Waals surface area contributed by atoms with Crippen LogP contribution in [0.5, 0.6) is 0 Å². The third kappa shape index (κ3) is 11.4. The van der Waals surface area contributed by atoms with E-state index in [-0.39, 0.29) is 53.6 Å². The van der Waals surface area contributed by atoms with Crippen LogP contribution >= 0.6 is 0 Å². The standard InChI is InChI=1S/C51H67N11O8/c1-30(2)43(56-50(67)69-8)48(65)61-22-10-11-40(61)47(64)59-23-24-60(32(5)28-59)42-21-20-37(26-52-42)54-46(63)36-18-14-34(15-19-36)33-12-16-35(17-13-33)39-27-53-45(55-39)41-25-38(58(6)7)29-62(41)49(66)44(31(3)4)57-51(68)70-9/h12-21,26-27,30-32,38,40-41,43-44H,10-11,22-25,28-29H2,1-9H3,(H,53,55)(H,54,63)(H,56,67)(H,57,68)/t32-,38+,40?,41+,43+,44+/m1/s1. The monoisotopic (exact) mass is 962 g/mol. The van der Waals surface area contributed by atoms with Crippen molar-refractivity contribution in [3.05, 3.63) is 84.4 Å². The van der Waals surface area contributed by atoms with Crippen LogP contribution in [-0.2, 0) is 23.9 Å². The smallest absolute Gasteiger partial charge is 0.407 e. The predicted octanol–water partition coefficient (Wildman–Crippen LogP) is 5.38. The molecule has 2 aromatic carbocycles. The van der Waals surface area contributed by atoms with E-state index in [1.54, 1.807) is 29.4 Å². The molecule has 4 aromatic rings. The number of carbonyl (C=O) groups excluding carboxylic acids is 6. The van der Waals surface area contributed by atoms with Gasteiger partial charge in [0.25, 0.3) is 5.91 Å². The average molecular weight is 962 g/mol. The van der Waals surface area contributed by atoms with Crippen LogP contribution in [0.2, 0.25) is 0 Å². The minimum absolute atomic E-state index is 0.0559. The molecule has 2 aromatic heterocycles. The Kier molecular flexibility index (Phi) is 16.1. The molecule has 7 rings (SSSR count). The number of alkyl carbamates (subject to hydrolysis) is 2. The summed E-state index contributed by atoms with van der Waals surface area (Å²) in [5, 5.41) is 8.30. The maximum absolute atomic E-state index is 13.9. The van der Waals surface area contributed by atoms with Crippen LogP contribution in [0.15, 0.2) is 73.1 Å². The highest BCUT2D eigenvalue weighted by Crippen LogP contribution is 2.35. The van der Waals surface area contributed by atoms with Crippen LogP contribution in [0.3, 0.4) is 0 Å². The molecule has 0 saturated carbocycles. The SMILES string of the molecule is COC(=O)N[C@H](C(=O)N1CCCC1C(=O)N1CCN(c2ccc(NC(=O)c3ccc(-c4ccc(-c5cnc([C@@H]6C[C@H](N(C)C)CN6C(=O)[C@@H](NC(=O)OC)C(C)C)[nH]5)cc4)cc3)cn2)[C@H](C)C1)C(C)C. The maximum atomic E-state index is 13.9. The number of H-pyrrole nitrogens is 1. The summed E-state index contributed by atoms with van der Waals surface area (Å²) in [6, 6.07) is 16.7. The number of methoxy groups -OCH3 is 2. The number of piperazine rings is 1. The Balaban J connectivity index is 0.924. The third-order valence-electron chi connectivity index (χ3n) is 13.7. The molecule has 3 saturated heterocycles. The first-order valence-corrected chi connectivity index (χ1v) is 24.0. The Morgan fingerprint density at radius 2 is 1.33 bits per heavy atom. The molecule has 5 heterocycles. The summed E-state index contributed by atoms with van der Waals surface area (Å²) in [4.78, 5) is 101. The Hall–Kier alpha value is -7.02. The Morgan fingerprint density at radius 3 is 1.89 bits per heavy atom. The molecule has 1 unspecified atom stereocenters. The number of nitrogens with zero attached hydrogens (tertiary/aromatic N) is 7. The van der Waals surface area contributed by atoms with Gasteiger partial charge in [0.1, 0.15) is 29.8 Å². The van der Waals surface area contributed by atoms with Gasteiger partial charge < -0.3 is 54.9 Å². The van der Waals surface area contributed by atoms with E-state index in [1.165, 1.54) is 14.2 Å². The van der Waals surface area contributed by atoms with Crippen molar-refractivity contribution in [3.63, 3.8) is 0 Å². The summed E-state index contributed by atoms with van der Waals surface area (Å²) >= 11 is 0. The lowest BCUT2D eigenvalue weighted by Gasteiger charge is -2.42. The van der Waals surface area contributed by atoms with Crippen molar-refractivity contribution in [2.75, 3.05) is 71.3 Å². The first-order chi connectivity index (χ1) is 33.5. The Morgan fingerprint density at radius 1 is 0.729 bits per heavy atom. The van der Waals surface area contributed by atoms with Gasteiger partial charge in [0.2, 0.25) is 17.7 Å². The van der Waals surface area contributed by atoms with Crippen LogP contribution in [0, 0.1) is 11.8 Å². The number of nitrogens with one attached hydrogen (secondary N) is 4. The van der Waals surface area contributed by atoms with Crippen molar-refractivity contribution in [2.24, 2.45) is 11.8 Å². The predicted molar refractivity (Wildman–Crippen MR) is 265 cm³/mol. The molecular formula is C51H67N11O8. The summed E-state index contributed by atoms with van der Waals surface area (Å²) in [6.07, 6.45) is 4.03. The van der Waals surface area contributed by atoms with Gasteiger partial charge in [-0.05, 0) is 93.1 Å². The Bertz CT molecular complexity index is 2490. The first kappa shape index (κ1) is 50.8. The topological polar surface area (TPSA) is 215 Å². The minimum atomic E-state index is -0.794. The van der Waals surface area contributed by atoms with E-state index in [1.807, 2.05) is 107 Å². The van der Waals surface area contributed by atoms with E-state index in [0.29, 0.717) is 69.1 Å². The van der Waals surface area contributed by atoms with Gasteiger partial charge in [-0.25, -0.2) is 19.6 Å². The molecule has 3 aliphatic heterocycles. The highest BCUT2D eigenvalue weighted by atomic mass is 16.5. The zero-order valence-corrected chi connectivity index (χ0v) is 41.6. The van der Waals surface area contributed by atoms with Gasteiger partial charge in [-0.3, -0.25) is 19.2 Å². The molecule has 0 aliphatic carbocycles. The number of hydrogen-bond acceptors (Lipinski definition) is 12. The highest BCUT2D eigenvalue weighted by Gasteiger charge is 2.43. The lowest BCUT2D eigenvalue weighted by Crippen LogP contribution is -2.59. The van der Waals surface area contributed by atoms with Crippen LogP contribution < -0.4 is 20.9 Å². The van der Waals surface area contributed by atoms with Gasteiger partial charge in [-0.15, -0.1) is 0 Å². The van der Waals surface area contributed by atoms with Crippen molar-refractivity contribution in [2.45, 2.75) is 90.1 Å². The summed E-state index contributed by atoms with van der Waals surface area (Å²) in [5.74, 6) is 0.239. The molecule has 19 nitrogen and oxygen atoms in total. The molecule has 3 fully saturated rings. The lowest BCUT2D eigenvalue weighted by molar-refractivity contribution is -0.145. The zero-order valence-electron chi connectivity index (χ0n) is 41.6. The van der Waals surface area contributed by atoms with Crippen LogP contribution in [0.4, 0.5) is 21.1 Å². The van der Waals surface area contributed by atoms with Gasteiger partial charge in [0.05, 0.1) is 44.0 Å². The maximum Gasteiger partial charge on any atom is 0.407 e. The normalized spacial score (nSPS) is 20.1. The van der Waals surface area contributed by atoms with E-state index < -0.39 is 30.3 Å². The Labute approximate surface area is 409 Å². The van der Waals surface area contributed by atoms with Crippen LogP contribution in [-0.4, -0.2) is 162 Å². The molecule has 19 heteroatoms. The fraction of sp³-hybridized carbons (Fsp3) is 0.490. The van der Waals surface area contributed by atoms with E-state index in [9.17, 15) is 28.8 Å². The number of aromatic nitrogens is 3. The van der Waals surface area contributed by atoms with Gasteiger partial charge >= 0.3 is 12.2 Å². The summed E-state index contributed by atoms with van der Waals surface area (Å²) < 4.78 is 9.54. The van der Waals surface area contributed by atoms with Gasteiger partial charge in [0, 0.05) is 50.4 Å². The summed E-state index contributed by atoms with van der Waals surface area (Å²) in [7, 11) is 6.52. The number of likely N-dealkylation sites (N-methyl/N-ethyl adjacent to an activating group) is 1. The van der Waals surface area contributed by atoms with Crippen molar-refractivity contribution in [1.29, 1.82) is 0 Å². The molecule has 4 N–H and O–H groups in total. The van der Waals surface area contributed by atoms with Gasteiger partial charge in [-0.1, -0.05) is 64.1 Å². The van der Waals surface area contributed by atoms with Crippen molar-refractivity contribution >= 4 is 47.3 Å². The second-order valence-corrected chi connectivity index (χ2v) is 19.3. The van der Waals surface area contributed by atoms with E-state index in [2.05, 4.69) is 35.7 Å². The fourth-order valence-corrected chi connectivity index (χ4v) is 9.59. The number of amides is 6. The number of pyridine rings is 1. The molecular weight excluding hydrogens is 895 g/mol. The molecule has 0 radical (unpaired) electrons. The molecule has 3 aliphatic rings. The summed E-state index contributed by atoms with van der Waals surface area (Å²) in [5.41, 5.74) is 4.67. The molecule has 6 atom stereocenters.